The van der Waals surface area contributed by atoms with Gasteiger partial charge in [-0.1, -0.05) is 30.3 Å². The van der Waals surface area contributed by atoms with Gasteiger partial charge in [0.15, 0.2) is 0 Å². The number of ether oxygens (including phenoxy) is 1. The first-order valence-corrected chi connectivity index (χ1v) is 5.67. The first-order chi connectivity index (χ1) is 7.81. The molecule has 1 aromatic rings. The van der Waals surface area contributed by atoms with Gasteiger partial charge in [0.25, 0.3) is 0 Å². The lowest BCUT2D eigenvalue weighted by molar-refractivity contribution is -0.143. The van der Waals surface area contributed by atoms with Gasteiger partial charge in [-0.05, 0) is 30.9 Å². The van der Waals surface area contributed by atoms with Crippen molar-refractivity contribution in [3.63, 3.8) is 0 Å². The topological polar surface area (TPSA) is 38.3 Å². The standard InChI is InChI=1S/C13H17NO2/c1-16-13(15)12(14-9-10-7-8-10)11-5-3-2-4-6-11/h2-6,10,12,14H,7-9H2,1H3. The van der Waals surface area contributed by atoms with Crippen molar-refractivity contribution in [3.05, 3.63) is 35.9 Å². The lowest BCUT2D eigenvalue weighted by atomic mass is 10.1. The molecular formula is C13H17NO2. The van der Waals surface area contributed by atoms with Crippen LogP contribution in [-0.4, -0.2) is 19.6 Å². The predicted octanol–water partition coefficient (Wildman–Crippen LogP) is 1.90. The summed E-state index contributed by atoms with van der Waals surface area (Å²) in [5.74, 6) is 0.530. The van der Waals surface area contributed by atoms with Gasteiger partial charge in [0, 0.05) is 0 Å². The van der Waals surface area contributed by atoms with Gasteiger partial charge in [0.1, 0.15) is 6.04 Å². The molecule has 0 aromatic heterocycles. The number of hydrogen-bond acceptors (Lipinski definition) is 3. The number of methoxy groups -OCH3 is 1. The number of benzene rings is 1. The third-order valence-corrected chi connectivity index (χ3v) is 2.88. The largest absolute Gasteiger partial charge is 0.468 e. The van der Waals surface area contributed by atoms with E-state index in [0.717, 1.165) is 18.0 Å². The highest BCUT2D eigenvalue weighted by Gasteiger charge is 2.26. The van der Waals surface area contributed by atoms with Crippen molar-refractivity contribution < 1.29 is 9.53 Å². The normalized spacial score (nSPS) is 16.8. The molecule has 16 heavy (non-hydrogen) atoms. The summed E-state index contributed by atoms with van der Waals surface area (Å²) in [5, 5.41) is 3.27. The number of hydrogen-bond donors (Lipinski definition) is 1. The Hall–Kier alpha value is -1.35. The summed E-state index contributed by atoms with van der Waals surface area (Å²) in [7, 11) is 1.43. The maximum atomic E-state index is 11.7. The molecule has 1 aliphatic carbocycles. The first kappa shape index (κ1) is 11.1. The molecule has 3 nitrogen and oxygen atoms in total. The summed E-state index contributed by atoms with van der Waals surface area (Å²) in [4.78, 5) is 11.7. The SMILES string of the molecule is COC(=O)C(NCC1CC1)c1ccccc1. The van der Waals surface area contributed by atoms with Crippen molar-refractivity contribution in [2.45, 2.75) is 18.9 Å². The van der Waals surface area contributed by atoms with Gasteiger partial charge in [-0.3, -0.25) is 0 Å². The van der Waals surface area contributed by atoms with Crippen LogP contribution in [0, 0.1) is 5.92 Å². The van der Waals surface area contributed by atoms with E-state index in [4.69, 9.17) is 4.74 Å². The highest BCUT2D eigenvalue weighted by Crippen LogP contribution is 2.28. The molecule has 1 saturated carbocycles. The van der Waals surface area contributed by atoms with Crippen LogP contribution in [0.4, 0.5) is 0 Å². The van der Waals surface area contributed by atoms with Crippen LogP contribution in [-0.2, 0) is 9.53 Å². The lowest BCUT2D eigenvalue weighted by Crippen LogP contribution is -2.31. The molecule has 0 bridgehead atoms. The number of nitrogens with one attached hydrogen (secondary N) is 1. The molecular weight excluding hydrogens is 202 g/mol. The molecule has 1 unspecified atom stereocenters. The molecule has 0 spiro atoms. The molecule has 0 radical (unpaired) electrons. The van der Waals surface area contributed by atoms with Crippen molar-refractivity contribution in [1.29, 1.82) is 0 Å². The van der Waals surface area contributed by atoms with Crippen LogP contribution in [0.2, 0.25) is 0 Å². The van der Waals surface area contributed by atoms with E-state index in [0.29, 0.717) is 0 Å². The van der Waals surface area contributed by atoms with Crippen LogP contribution in [0.5, 0.6) is 0 Å². The molecule has 0 heterocycles. The van der Waals surface area contributed by atoms with Gasteiger partial charge in [-0.2, -0.15) is 0 Å². The summed E-state index contributed by atoms with van der Waals surface area (Å²) < 4.78 is 4.82. The minimum Gasteiger partial charge on any atom is -0.468 e. The van der Waals surface area contributed by atoms with Gasteiger partial charge in [0.05, 0.1) is 7.11 Å². The second-order valence-electron chi connectivity index (χ2n) is 4.22. The quantitative estimate of drug-likeness (QED) is 0.769. The molecule has 1 fully saturated rings. The van der Waals surface area contributed by atoms with E-state index in [9.17, 15) is 4.79 Å². The van der Waals surface area contributed by atoms with E-state index in [1.165, 1.54) is 20.0 Å². The highest BCUT2D eigenvalue weighted by atomic mass is 16.5. The molecule has 1 atom stereocenters. The van der Waals surface area contributed by atoms with Gasteiger partial charge in [0.2, 0.25) is 0 Å². The fourth-order valence-electron chi connectivity index (χ4n) is 1.71. The fourth-order valence-corrected chi connectivity index (χ4v) is 1.71. The van der Waals surface area contributed by atoms with Crippen LogP contribution in [0.15, 0.2) is 30.3 Å². The van der Waals surface area contributed by atoms with E-state index < -0.39 is 0 Å². The third kappa shape index (κ3) is 2.83. The summed E-state index contributed by atoms with van der Waals surface area (Å²) in [6.45, 7) is 0.897. The van der Waals surface area contributed by atoms with Crippen molar-refractivity contribution in [2.75, 3.05) is 13.7 Å². The molecule has 0 saturated heterocycles. The Bertz CT molecular complexity index is 346. The fraction of sp³-hybridized carbons (Fsp3) is 0.462. The zero-order valence-corrected chi connectivity index (χ0v) is 9.48. The van der Waals surface area contributed by atoms with Gasteiger partial charge in [-0.15, -0.1) is 0 Å². The average Bonchev–Trinajstić information content (AvgIpc) is 3.14. The zero-order chi connectivity index (χ0) is 11.4. The van der Waals surface area contributed by atoms with E-state index >= 15 is 0 Å². The first-order valence-electron chi connectivity index (χ1n) is 5.67. The molecule has 1 aromatic carbocycles. The minimum atomic E-state index is -0.327. The summed E-state index contributed by atoms with van der Waals surface area (Å²) in [5.41, 5.74) is 0.968. The molecule has 3 heteroatoms. The Labute approximate surface area is 95.8 Å². The van der Waals surface area contributed by atoms with E-state index in [1.54, 1.807) is 0 Å². The lowest BCUT2D eigenvalue weighted by Gasteiger charge is -2.16. The number of carbonyl (C=O) groups is 1. The third-order valence-electron chi connectivity index (χ3n) is 2.88. The van der Waals surface area contributed by atoms with Gasteiger partial charge in [-0.25, -0.2) is 4.79 Å². The predicted molar refractivity (Wildman–Crippen MR) is 61.9 cm³/mol. The van der Waals surface area contributed by atoms with Gasteiger partial charge >= 0.3 is 5.97 Å². The van der Waals surface area contributed by atoms with Crippen LogP contribution >= 0.6 is 0 Å². The number of esters is 1. The van der Waals surface area contributed by atoms with Crippen molar-refractivity contribution in [2.24, 2.45) is 5.92 Å². The molecule has 86 valence electrons. The van der Waals surface area contributed by atoms with Gasteiger partial charge < -0.3 is 10.1 Å². The second-order valence-corrected chi connectivity index (χ2v) is 4.22. The Morgan fingerprint density at radius 3 is 2.69 bits per heavy atom. The van der Waals surface area contributed by atoms with Crippen LogP contribution in [0.1, 0.15) is 24.4 Å². The van der Waals surface area contributed by atoms with Crippen molar-refractivity contribution in [3.8, 4) is 0 Å². The Morgan fingerprint density at radius 1 is 1.44 bits per heavy atom. The monoisotopic (exact) mass is 219 g/mol. The summed E-state index contributed by atoms with van der Waals surface area (Å²) in [6.07, 6.45) is 2.55. The summed E-state index contributed by atoms with van der Waals surface area (Å²) in [6, 6.07) is 9.38. The van der Waals surface area contributed by atoms with E-state index in [-0.39, 0.29) is 12.0 Å². The maximum absolute atomic E-state index is 11.7. The summed E-state index contributed by atoms with van der Waals surface area (Å²) >= 11 is 0. The van der Waals surface area contributed by atoms with Crippen LogP contribution in [0.25, 0.3) is 0 Å². The second kappa shape index (κ2) is 5.12. The Balaban J connectivity index is 2.03. The smallest absolute Gasteiger partial charge is 0.327 e. The minimum absolute atomic E-state index is 0.216. The Kier molecular flexibility index (Phi) is 3.57. The highest BCUT2D eigenvalue weighted by molar-refractivity contribution is 5.77. The number of carbonyl (C=O) groups excluding carboxylic acids is 1. The van der Waals surface area contributed by atoms with Crippen LogP contribution in [0.3, 0.4) is 0 Å². The van der Waals surface area contributed by atoms with Crippen LogP contribution < -0.4 is 5.32 Å². The number of rotatable bonds is 5. The molecule has 2 rings (SSSR count). The van der Waals surface area contributed by atoms with E-state index in [1.807, 2.05) is 30.3 Å². The average molecular weight is 219 g/mol. The van der Waals surface area contributed by atoms with Crippen molar-refractivity contribution in [1.82, 2.24) is 5.32 Å². The molecule has 1 aliphatic rings. The maximum Gasteiger partial charge on any atom is 0.327 e. The van der Waals surface area contributed by atoms with Crippen molar-refractivity contribution >= 4 is 5.97 Å². The Morgan fingerprint density at radius 2 is 2.12 bits per heavy atom. The molecule has 0 aliphatic heterocycles. The van der Waals surface area contributed by atoms with E-state index in [2.05, 4.69) is 5.32 Å². The zero-order valence-electron chi connectivity index (χ0n) is 9.48. The molecule has 1 N–H and O–H groups in total. The molecule has 0 amide bonds.